The standard InChI is InChI=1S/C19H16F2N2O2/c1-11(23(2)19(25)12-6-4-3-5-7-12)15-10-22-18(24)14-9-17(21)16(20)8-13(14)15/h3-11H,1-2H3,(H,22,24)/t11-/m1/s1. The highest BCUT2D eigenvalue weighted by molar-refractivity contribution is 5.94. The summed E-state index contributed by atoms with van der Waals surface area (Å²) >= 11 is 0. The summed E-state index contributed by atoms with van der Waals surface area (Å²) < 4.78 is 27.2. The van der Waals surface area contributed by atoms with Gasteiger partial charge in [0.1, 0.15) is 0 Å². The molecule has 4 nitrogen and oxygen atoms in total. The highest BCUT2D eigenvalue weighted by Gasteiger charge is 2.22. The molecule has 25 heavy (non-hydrogen) atoms. The number of aromatic nitrogens is 1. The van der Waals surface area contributed by atoms with Crippen LogP contribution in [0.25, 0.3) is 10.8 Å². The Hall–Kier alpha value is -3.02. The molecule has 1 atom stereocenters. The maximum absolute atomic E-state index is 13.7. The van der Waals surface area contributed by atoms with Crippen LogP contribution in [0.1, 0.15) is 28.9 Å². The first-order chi connectivity index (χ1) is 11.9. The lowest BCUT2D eigenvalue weighted by molar-refractivity contribution is 0.0743. The predicted molar refractivity (Wildman–Crippen MR) is 91.4 cm³/mol. The van der Waals surface area contributed by atoms with Gasteiger partial charge in [-0.05, 0) is 42.1 Å². The second-order valence-electron chi connectivity index (χ2n) is 5.84. The minimum atomic E-state index is -1.09. The second kappa shape index (κ2) is 6.47. The summed E-state index contributed by atoms with van der Waals surface area (Å²) in [4.78, 5) is 28.5. The molecule has 0 aliphatic heterocycles. The van der Waals surface area contributed by atoms with Crippen LogP contribution in [0.4, 0.5) is 8.78 Å². The molecule has 1 heterocycles. The van der Waals surface area contributed by atoms with Gasteiger partial charge in [0.05, 0.1) is 11.4 Å². The van der Waals surface area contributed by atoms with Gasteiger partial charge in [0.2, 0.25) is 0 Å². The molecule has 1 N–H and O–H groups in total. The Morgan fingerprint density at radius 2 is 1.68 bits per heavy atom. The van der Waals surface area contributed by atoms with Crippen molar-refractivity contribution < 1.29 is 13.6 Å². The monoisotopic (exact) mass is 342 g/mol. The molecule has 0 spiro atoms. The summed E-state index contributed by atoms with van der Waals surface area (Å²) in [6.45, 7) is 1.76. The summed E-state index contributed by atoms with van der Waals surface area (Å²) in [5, 5.41) is 0.326. The van der Waals surface area contributed by atoms with Crippen LogP contribution in [0, 0.1) is 11.6 Å². The molecule has 0 fully saturated rings. The molecule has 2 aromatic carbocycles. The van der Waals surface area contributed by atoms with Crippen LogP contribution in [0.3, 0.4) is 0 Å². The molecular weight excluding hydrogens is 326 g/mol. The van der Waals surface area contributed by atoms with Crippen LogP contribution in [0.5, 0.6) is 0 Å². The van der Waals surface area contributed by atoms with E-state index in [9.17, 15) is 18.4 Å². The number of halogens is 2. The van der Waals surface area contributed by atoms with E-state index in [1.165, 1.54) is 11.1 Å². The van der Waals surface area contributed by atoms with Gasteiger partial charge in [0, 0.05) is 18.8 Å². The Bertz CT molecular complexity index is 999. The normalized spacial score (nSPS) is 12.2. The van der Waals surface area contributed by atoms with Gasteiger partial charge in [0.15, 0.2) is 11.6 Å². The van der Waals surface area contributed by atoms with Gasteiger partial charge < -0.3 is 9.88 Å². The fourth-order valence-electron chi connectivity index (χ4n) is 2.79. The maximum atomic E-state index is 13.7. The van der Waals surface area contributed by atoms with Crippen LogP contribution < -0.4 is 5.56 Å². The number of rotatable bonds is 3. The number of nitrogens with zero attached hydrogens (tertiary/aromatic N) is 1. The number of fused-ring (bicyclic) bond motifs is 1. The Morgan fingerprint density at radius 1 is 1.08 bits per heavy atom. The zero-order valence-electron chi connectivity index (χ0n) is 13.7. The van der Waals surface area contributed by atoms with Gasteiger partial charge in [-0.15, -0.1) is 0 Å². The quantitative estimate of drug-likeness (QED) is 0.790. The average Bonchev–Trinajstić information content (AvgIpc) is 2.62. The van der Waals surface area contributed by atoms with Crippen molar-refractivity contribution in [2.75, 3.05) is 7.05 Å². The number of carbonyl (C=O) groups is 1. The fraction of sp³-hybridized carbons (Fsp3) is 0.158. The van der Waals surface area contributed by atoms with Crippen molar-refractivity contribution in [1.29, 1.82) is 0 Å². The molecule has 1 amide bonds. The number of H-pyrrole nitrogens is 1. The van der Waals surface area contributed by atoms with Gasteiger partial charge >= 0.3 is 0 Å². The first-order valence-electron chi connectivity index (χ1n) is 7.72. The van der Waals surface area contributed by atoms with Crippen molar-refractivity contribution in [1.82, 2.24) is 9.88 Å². The lowest BCUT2D eigenvalue weighted by Crippen LogP contribution is -2.30. The molecule has 128 valence electrons. The van der Waals surface area contributed by atoms with Gasteiger partial charge in [0.25, 0.3) is 11.5 Å². The van der Waals surface area contributed by atoms with E-state index in [2.05, 4.69) is 4.98 Å². The zero-order valence-corrected chi connectivity index (χ0v) is 13.7. The molecule has 0 radical (unpaired) electrons. The van der Waals surface area contributed by atoms with E-state index < -0.39 is 23.2 Å². The lowest BCUT2D eigenvalue weighted by atomic mass is 10.0. The fourth-order valence-corrected chi connectivity index (χ4v) is 2.79. The highest BCUT2D eigenvalue weighted by Crippen LogP contribution is 2.27. The molecular formula is C19H16F2N2O2. The maximum Gasteiger partial charge on any atom is 0.255 e. The summed E-state index contributed by atoms with van der Waals surface area (Å²) in [5.74, 6) is -2.34. The summed E-state index contributed by atoms with van der Waals surface area (Å²) in [5.41, 5.74) is 0.532. The van der Waals surface area contributed by atoms with Crippen molar-refractivity contribution in [2.24, 2.45) is 0 Å². The van der Waals surface area contributed by atoms with Gasteiger partial charge in [-0.1, -0.05) is 18.2 Å². The van der Waals surface area contributed by atoms with E-state index in [1.54, 1.807) is 38.2 Å². The minimum absolute atomic E-state index is 0.0452. The third-order valence-electron chi connectivity index (χ3n) is 4.35. The van der Waals surface area contributed by atoms with Crippen LogP contribution in [-0.4, -0.2) is 22.8 Å². The molecule has 3 aromatic rings. The molecule has 6 heteroatoms. The van der Waals surface area contributed by atoms with Crippen molar-refractivity contribution in [3.8, 4) is 0 Å². The predicted octanol–water partition coefficient (Wildman–Crippen LogP) is 3.64. The molecule has 0 bridgehead atoms. The van der Waals surface area contributed by atoms with Crippen LogP contribution in [-0.2, 0) is 0 Å². The number of carbonyl (C=O) groups excluding carboxylic acids is 1. The smallest absolute Gasteiger partial charge is 0.255 e. The highest BCUT2D eigenvalue weighted by atomic mass is 19.2. The molecule has 0 aliphatic carbocycles. The van der Waals surface area contributed by atoms with E-state index in [4.69, 9.17) is 0 Å². The van der Waals surface area contributed by atoms with Crippen LogP contribution in [0.2, 0.25) is 0 Å². The third-order valence-corrected chi connectivity index (χ3v) is 4.35. The second-order valence-corrected chi connectivity index (χ2v) is 5.84. The molecule has 3 rings (SSSR count). The topological polar surface area (TPSA) is 53.2 Å². The van der Waals surface area contributed by atoms with E-state index >= 15 is 0 Å². The molecule has 0 aliphatic rings. The van der Waals surface area contributed by atoms with Crippen molar-refractivity contribution in [3.05, 3.63) is 81.8 Å². The Labute approximate surface area is 142 Å². The number of hydrogen-bond acceptors (Lipinski definition) is 2. The zero-order chi connectivity index (χ0) is 18.1. The molecule has 0 saturated heterocycles. The van der Waals surface area contributed by atoms with Crippen molar-refractivity contribution in [2.45, 2.75) is 13.0 Å². The summed E-state index contributed by atoms with van der Waals surface area (Å²) in [7, 11) is 1.62. The Morgan fingerprint density at radius 3 is 2.32 bits per heavy atom. The number of amides is 1. The van der Waals surface area contributed by atoms with Crippen molar-refractivity contribution >= 4 is 16.7 Å². The molecule has 1 aromatic heterocycles. The first-order valence-corrected chi connectivity index (χ1v) is 7.72. The summed E-state index contributed by atoms with van der Waals surface area (Å²) in [6, 6.07) is 10.1. The molecule has 0 unspecified atom stereocenters. The number of aromatic amines is 1. The summed E-state index contributed by atoms with van der Waals surface area (Å²) in [6.07, 6.45) is 1.43. The van der Waals surface area contributed by atoms with Gasteiger partial charge in [-0.3, -0.25) is 9.59 Å². The minimum Gasteiger partial charge on any atom is -0.335 e. The lowest BCUT2D eigenvalue weighted by Gasteiger charge is -2.26. The average molecular weight is 342 g/mol. The van der Waals surface area contributed by atoms with E-state index in [0.29, 0.717) is 11.1 Å². The number of pyridine rings is 1. The number of benzene rings is 2. The van der Waals surface area contributed by atoms with Crippen LogP contribution in [0.15, 0.2) is 53.5 Å². The largest absolute Gasteiger partial charge is 0.335 e. The third kappa shape index (κ3) is 3.03. The Kier molecular flexibility index (Phi) is 4.35. The van der Waals surface area contributed by atoms with E-state index in [0.717, 1.165) is 12.1 Å². The first kappa shape index (κ1) is 16.8. The van der Waals surface area contributed by atoms with Gasteiger partial charge in [-0.2, -0.15) is 0 Å². The Balaban J connectivity index is 2.07. The van der Waals surface area contributed by atoms with Gasteiger partial charge in [-0.25, -0.2) is 8.78 Å². The molecule has 0 saturated carbocycles. The number of hydrogen-bond donors (Lipinski definition) is 1. The van der Waals surface area contributed by atoms with Crippen molar-refractivity contribution in [3.63, 3.8) is 0 Å². The van der Waals surface area contributed by atoms with E-state index in [1.807, 2.05) is 6.07 Å². The SMILES string of the molecule is C[C@H](c1c[nH]c(=O)c2cc(F)c(F)cc12)N(C)C(=O)c1ccccc1. The van der Waals surface area contributed by atoms with Crippen LogP contribution >= 0.6 is 0 Å². The van der Waals surface area contributed by atoms with E-state index in [-0.39, 0.29) is 16.7 Å². The number of nitrogens with one attached hydrogen (secondary N) is 1.